The lowest BCUT2D eigenvalue weighted by Crippen LogP contribution is -2.38. The van der Waals surface area contributed by atoms with E-state index in [2.05, 4.69) is 5.32 Å². The number of phenols is 1. The molecule has 3 rings (SSSR count). The molecular weight excluding hydrogens is 338 g/mol. The summed E-state index contributed by atoms with van der Waals surface area (Å²) in [5, 5.41) is 13.1. The van der Waals surface area contributed by atoms with Crippen molar-refractivity contribution in [2.75, 3.05) is 14.2 Å². The van der Waals surface area contributed by atoms with E-state index in [0.29, 0.717) is 11.3 Å². The predicted molar refractivity (Wildman–Crippen MR) is 92.5 cm³/mol. The van der Waals surface area contributed by atoms with E-state index in [1.165, 1.54) is 32.8 Å². The van der Waals surface area contributed by atoms with Crippen LogP contribution in [0.15, 0.2) is 29.7 Å². The molecule has 26 heavy (non-hydrogen) atoms. The van der Waals surface area contributed by atoms with Crippen LogP contribution < -0.4 is 10.1 Å². The first-order chi connectivity index (χ1) is 12.5. The van der Waals surface area contributed by atoms with E-state index in [0.717, 1.165) is 25.7 Å². The molecule has 1 aromatic rings. The van der Waals surface area contributed by atoms with Gasteiger partial charge in [0.2, 0.25) is 5.88 Å². The van der Waals surface area contributed by atoms with Crippen molar-refractivity contribution in [2.45, 2.75) is 44.1 Å². The average Bonchev–Trinajstić information content (AvgIpc) is 2.66. The number of carbonyl (C=O) groups excluding carboxylic acids is 2. The molecule has 1 unspecified atom stereocenters. The second kappa shape index (κ2) is 7.68. The van der Waals surface area contributed by atoms with Crippen molar-refractivity contribution in [2.24, 2.45) is 0 Å². The van der Waals surface area contributed by atoms with Crippen LogP contribution in [0.2, 0.25) is 0 Å². The number of nitrogens with one attached hydrogen (secondary N) is 1. The van der Waals surface area contributed by atoms with Crippen LogP contribution in [0.4, 0.5) is 0 Å². The normalized spacial score (nSPS) is 20.0. The van der Waals surface area contributed by atoms with Crippen molar-refractivity contribution in [1.82, 2.24) is 5.32 Å². The maximum absolute atomic E-state index is 12.5. The zero-order valence-corrected chi connectivity index (χ0v) is 14.9. The maximum atomic E-state index is 12.5. The first-order valence-corrected chi connectivity index (χ1v) is 8.72. The van der Waals surface area contributed by atoms with E-state index >= 15 is 0 Å². The summed E-state index contributed by atoms with van der Waals surface area (Å²) in [6.45, 7) is 0. The van der Waals surface area contributed by atoms with Crippen molar-refractivity contribution in [1.29, 1.82) is 0 Å². The Hall–Kier alpha value is -2.70. The predicted octanol–water partition coefficient (Wildman–Crippen LogP) is 2.35. The Labute approximate surface area is 151 Å². The molecule has 1 saturated carbocycles. The van der Waals surface area contributed by atoms with Gasteiger partial charge in [-0.1, -0.05) is 19.3 Å². The molecule has 1 heterocycles. The van der Waals surface area contributed by atoms with Crippen molar-refractivity contribution in [3.05, 3.63) is 35.2 Å². The Bertz CT molecular complexity index is 736. The van der Waals surface area contributed by atoms with Gasteiger partial charge in [-0.2, -0.15) is 0 Å². The number of aromatic hydroxyl groups is 1. The number of ether oxygens (including phenoxy) is 3. The lowest BCUT2D eigenvalue weighted by atomic mass is 9.88. The number of benzene rings is 1. The topological polar surface area (TPSA) is 94.1 Å². The largest absolute Gasteiger partial charge is 0.508 e. The van der Waals surface area contributed by atoms with Crippen LogP contribution in [0.25, 0.3) is 0 Å². The minimum Gasteiger partial charge on any atom is -0.508 e. The molecule has 0 aromatic heterocycles. The fraction of sp³-hybridized carbons (Fsp3) is 0.474. The summed E-state index contributed by atoms with van der Waals surface area (Å²) >= 11 is 0. The third-order valence-electron chi connectivity index (χ3n) is 4.83. The van der Waals surface area contributed by atoms with Crippen LogP contribution >= 0.6 is 0 Å². The maximum Gasteiger partial charge on any atom is 0.340 e. The van der Waals surface area contributed by atoms with Gasteiger partial charge < -0.3 is 24.6 Å². The van der Waals surface area contributed by atoms with E-state index in [4.69, 9.17) is 14.2 Å². The molecule has 1 fully saturated rings. The first kappa shape index (κ1) is 18.1. The molecule has 7 nitrogen and oxygen atoms in total. The summed E-state index contributed by atoms with van der Waals surface area (Å²) in [6.07, 6.45) is 5.32. The number of fused-ring (bicyclic) bond motifs is 1. The van der Waals surface area contributed by atoms with Crippen LogP contribution in [0.1, 0.15) is 43.6 Å². The van der Waals surface area contributed by atoms with Crippen molar-refractivity contribution in [3.63, 3.8) is 0 Å². The van der Waals surface area contributed by atoms with Gasteiger partial charge >= 0.3 is 11.9 Å². The third kappa shape index (κ3) is 3.47. The van der Waals surface area contributed by atoms with E-state index in [1.807, 2.05) is 0 Å². The number of carbonyl (C=O) groups is 2. The summed E-state index contributed by atoms with van der Waals surface area (Å²) in [5.41, 5.74) is 0.425. The number of hydrogen-bond donors (Lipinski definition) is 2. The van der Waals surface area contributed by atoms with Gasteiger partial charge in [-0.05, 0) is 31.0 Å². The highest BCUT2D eigenvalue weighted by atomic mass is 16.5. The Balaban J connectivity index is 2.07. The fourth-order valence-corrected chi connectivity index (χ4v) is 3.53. The summed E-state index contributed by atoms with van der Waals surface area (Å²) in [4.78, 5) is 25.0. The van der Waals surface area contributed by atoms with Crippen molar-refractivity contribution >= 4 is 11.9 Å². The highest BCUT2D eigenvalue weighted by Gasteiger charge is 2.41. The second-order valence-electron chi connectivity index (χ2n) is 6.49. The molecule has 0 saturated heterocycles. The van der Waals surface area contributed by atoms with E-state index < -0.39 is 17.9 Å². The molecule has 0 spiro atoms. The summed E-state index contributed by atoms with van der Waals surface area (Å²) < 4.78 is 15.7. The van der Waals surface area contributed by atoms with Gasteiger partial charge in [-0.25, -0.2) is 4.79 Å². The van der Waals surface area contributed by atoms with Crippen molar-refractivity contribution in [3.8, 4) is 11.5 Å². The molecule has 0 bridgehead atoms. The molecule has 1 aliphatic heterocycles. The number of esters is 2. The molecule has 1 aliphatic carbocycles. The van der Waals surface area contributed by atoms with E-state index in [-0.39, 0.29) is 23.2 Å². The fourth-order valence-electron chi connectivity index (χ4n) is 3.53. The molecule has 0 radical (unpaired) electrons. The highest BCUT2D eigenvalue weighted by Crippen LogP contribution is 2.41. The lowest BCUT2D eigenvalue weighted by molar-refractivity contribution is -0.145. The SMILES string of the molecule is COC(=O)C1=C(NC2CCCCC2)Oc2ccc(O)cc2C1C(=O)OC. The van der Waals surface area contributed by atoms with Crippen LogP contribution in [0.5, 0.6) is 11.5 Å². The Morgan fingerprint density at radius 1 is 1.15 bits per heavy atom. The molecule has 1 atom stereocenters. The van der Waals surface area contributed by atoms with Gasteiger partial charge in [0.05, 0.1) is 14.2 Å². The lowest BCUT2D eigenvalue weighted by Gasteiger charge is -2.31. The molecule has 2 N–H and O–H groups in total. The zero-order chi connectivity index (χ0) is 18.7. The number of phenolic OH excluding ortho intramolecular Hbond substituents is 1. The molecule has 0 amide bonds. The summed E-state index contributed by atoms with van der Waals surface area (Å²) in [7, 11) is 2.50. The minimum atomic E-state index is -1.03. The third-order valence-corrected chi connectivity index (χ3v) is 4.83. The number of hydrogen-bond acceptors (Lipinski definition) is 7. The van der Waals surface area contributed by atoms with Gasteiger partial charge in [0.15, 0.2) is 0 Å². The number of methoxy groups -OCH3 is 2. The summed E-state index contributed by atoms with van der Waals surface area (Å²) in [5.74, 6) is -1.75. The number of rotatable bonds is 4. The Morgan fingerprint density at radius 2 is 1.88 bits per heavy atom. The monoisotopic (exact) mass is 361 g/mol. The Kier molecular flexibility index (Phi) is 5.35. The van der Waals surface area contributed by atoms with Gasteiger partial charge in [-0.3, -0.25) is 4.79 Å². The van der Waals surface area contributed by atoms with Crippen LogP contribution in [0.3, 0.4) is 0 Å². The second-order valence-corrected chi connectivity index (χ2v) is 6.49. The standard InChI is InChI=1S/C19H23NO6/c1-24-18(22)15-13-10-12(21)8-9-14(13)26-17(16(15)19(23)25-2)20-11-6-4-3-5-7-11/h8-11,15,20-21H,3-7H2,1-2H3. The molecule has 140 valence electrons. The quantitative estimate of drug-likeness (QED) is 0.795. The zero-order valence-electron chi connectivity index (χ0n) is 14.9. The van der Waals surface area contributed by atoms with Gasteiger partial charge in [-0.15, -0.1) is 0 Å². The first-order valence-electron chi connectivity index (χ1n) is 8.72. The van der Waals surface area contributed by atoms with Crippen LogP contribution in [-0.2, 0) is 19.1 Å². The molecule has 2 aliphatic rings. The summed E-state index contributed by atoms with van der Waals surface area (Å²) in [6, 6.07) is 4.60. The molecule has 7 heteroatoms. The van der Waals surface area contributed by atoms with Crippen LogP contribution in [-0.4, -0.2) is 37.3 Å². The van der Waals surface area contributed by atoms with E-state index in [9.17, 15) is 14.7 Å². The molecular formula is C19H23NO6. The van der Waals surface area contributed by atoms with Gasteiger partial charge in [0, 0.05) is 11.6 Å². The van der Waals surface area contributed by atoms with Crippen molar-refractivity contribution < 1.29 is 28.9 Å². The Morgan fingerprint density at radius 3 is 2.54 bits per heavy atom. The average molecular weight is 361 g/mol. The van der Waals surface area contributed by atoms with E-state index in [1.54, 1.807) is 6.07 Å². The van der Waals surface area contributed by atoms with Crippen LogP contribution in [0, 0.1) is 0 Å². The van der Waals surface area contributed by atoms with Gasteiger partial charge in [0.1, 0.15) is 23.0 Å². The van der Waals surface area contributed by atoms with Gasteiger partial charge in [0.25, 0.3) is 0 Å². The minimum absolute atomic E-state index is 0.0332. The smallest absolute Gasteiger partial charge is 0.340 e. The molecule has 1 aromatic carbocycles. The highest BCUT2D eigenvalue weighted by molar-refractivity contribution is 6.00.